The van der Waals surface area contributed by atoms with E-state index in [2.05, 4.69) is 127 Å². The molecule has 1 radical (unpaired) electrons. The van der Waals surface area contributed by atoms with Gasteiger partial charge in [0.1, 0.15) is 0 Å². The summed E-state index contributed by atoms with van der Waals surface area (Å²) < 4.78 is 2.47. The van der Waals surface area contributed by atoms with Gasteiger partial charge in [0.05, 0.1) is 11.3 Å². The number of pyridine rings is 1. The van der Waals surface area contributed by atoms with E-state index in [4.69, 9.17) is 4.98 Å². The van der Waals surface area contributed by atoms with E-state index in [9.17, 15) is 0 Å². The van der Waals surface area contributed by atoms with Crippen molar-refractivity contribution in [2.24, 2.45) is 21.7 Å². The van der Waals surface area contributed by atoms with Crippen LogP contribution in [0.1, 0.15) is 117 Å². The molecule has 2 aliphatic carbocycles. The van der Waals surface area contributed by atoms with Crippen molar-refractivity contribution in [1.82, 2.24) is 9.38 Å². The molecular formula is C41H49IrN2-. The first-order valence-corrected chi connectivity index (χ1v) is 16.5. The average molecular weight is 762 g/mol. The van der Waals surface area contributed by atoms with E-state index in [0.29, 0.717) is 33.5 Å². The molecule has 0 amide bonds. The summed E-state index contributed by atoms with van der Waals surface area (Å²) in [6.07, 6.45) is 9.64. The number of fused-ring (bicyclic) bond motifs is 6. The number of hydrogen-bond donors (Lipinski definition) is 0. The SMILES string of the molecule is CC1(C)CC(c2cccc(C3CC(C)(C)CC(C)(C)C3)c2-c2cnc3c4[c-]cccc4c4ccccc4n23)CC(C)(C)C1.[Ir]. The molecule has 44 heavy (non-hydrogen) atoms. The van der Waals surface area contributed by atoms with Crippen LogP contribution in [0, 0.1) is 27.7 Å². The van der Waals surface area contributed by atoms with Gasteiger partial charge < -0.3 is 4.40 Å². The molecule has 7 rings (SSSR count). The van der Waals surface area contributed by atoms with Crippen molar-refractivity contribution in [3.8, 4) is 11.3 Å². The number of hydrogen-bond acceptors (Lipinski definition) is 1. The summed E-state index contributed by atoms with van der Waals surface area (Å²) in [7, 11) is 0. The van der Waals surface area contributed by atoms with Crippen LogP contribution in [0.25, 0.3) is 38.6 Å². The first kappa shape index (κ1) is 31.5. The van der Waals surface area contributed by atoms with Crippen LogP contribution in [0.3, 0.4) is 0 Å². The van der Waals surface area contributed by atoms with Crippen LogP contribution >= 0.6 is 0 Å². The molecule has 3 heteroatoms. The van der Waals surface area contributed by atoms with Crippen LogP contribution in [-0.2, 0) is 20.1 Å². The molecule has 2 saturated carbocycles. The van der Waals surface area contributed by atoms with Gasteiger partial charge in [0.25, 0.3) is 0 Å². The molecule has 0 unspecified atom stereocenters. The second-order valence-electron chi connectivity index (χ2n) is 17.3. The van der Waals surface area contributed by atoms with Crippen LogP contribution in [0.2, 0.25) is 0 Å². The van der Waals surface area contributed by atoms with Crippen LogP contribution in [-0.4, -0.2) is 9.38 Å². The topological polar surface area (TPSA) is 17.3 Å². The number of aromatic nitrogens is 2. The fraction of sp³-hybridized carbons (Fsp3) is 0.488. The van der Waals surface area contributed by atoms with Gasteiger partial charge in [0.2, 0.25) is 0 Å². The summed E-state index contributed by atoms with van der Waals surface area (Å²) in [5, 5.41) is 3.59. The smallest absolute Gasteiger partial charge is 0.0639 e. The van der Waals surface area contributed by atoms with Gasteiger partial charge in [0, 0.05) is 37.4 Å². The molecule has 2 nitrogen and oxygen atoms in total. The van der Waals surface area contributed by atoms with Crippen LogP contribution < -0.4 is 0 Å². The average Bonchev–Trinajstić information content (AvgIpc) is 3.35. The fourth-order valence-electron chi connectivity index (χ4n) is 10.4. The van der Waals surface area contributed by atoms with E-state index >= 15 is 0 Å². The van der Waals surface area contributed by atoms with Gasteiger partial charge in [-0.15, -0.1) is 29.7 Å². The van der Waals surface area contributed by atoms with Crippen molar-refractivity contribution in [3.05, 3.63) is 84.1 Å². The minimum atomic E-state index is 0. The maximum atomic E-state index is 5.19. The number of imidazole rings is 1. The van der Waals surface area contributed by atoms with Gasteiger partial charge in [-0.05, 0) is 94.6 Å². The molecular weight excluding hydrogens is 713 g/mol. The largest absolute Gasteiger partial charge is 0.333 e. The number of benzene rings is 3. The van der Waals surface area contributed by atoms with Crippen molar-refractivity contribution < 1.29 is 20.1 Å². The van der Waals surface area contributed by atoms with Gasteiger partial charge in [-0.3, -0.25) is 4.98 Å². The van der Waals surface area contributed by atoms with E-state index < -0.39 is 0 Å². The summed E-state index contributed by atoms with van der Waals surface area (Å²) in [6, 6.07) is 26.1. The zero-order valence-corrected chi connectivity index (χ0v) is 30.4. The molecule has 0 atom stereocenters. The fourth-order valence-corrected chi connectivity index (χ4v) is 10.4. The van der Waals surface area contributed by atoms with Gasteiger partial charge in [-0.25, -0.2) is 0 Å². The van der Waals surface area contributed by atoms with E-state index in [-0.39, 0.29) is 20.1 Å². The van der Waals surface area contributed by atoms with Gasteiger partial charge in [0.15, 0.2) is 0 Å². The zero-order chi connectivity index (χ0) is 30.4. The Morgan fingerprint density at radius 1 is 0.659 bits per heavy atom. The molecule has 0 saturated heterocycles. The molecule has 2 aliphatic rings. The Labute approximate surface area is 278 Å². The van der Waals surface area contributed by atoms with Crippen molar-refractivity contribution in [2.45, 2.75) is 106 Å². The minimum absolute atomic E-state index is 0. The molecule has 0 aliphatic heterocycles. The molecule has 233 valence electrons. The third-order valence-electron chi connectivity index (χ3n) is 10.7. The molecule has 2 heterocycles. The van der Waals surface area contributed by atoms with E-state index in [1.165, 1.54) is 77.2 Å². The molecule has 0 N–H and O–H groups in total. The Balaban J connectivity index is 0.00000343. The van der Waals surface area contributed by atoms with E-state index in [1.54, 1.807) is 0 Å². The quantitative estimate of drug-likeness (QED) is 0.132. The van der Waals surface area contributed by atoms with E-state index in [1.807, 2.05) is 6.07 Å². The standard InChI is InChI=1S/C41H49N2.Ir/c1-38(2)20-27(21-39(3,4)25-38)29-17-13-18-30(28-22-40(5,6)26-41(7,8)23-28)36(29)35-24-42-37-33-16-10-9-14-31(33)32-15-11-12-19-34(32)43(35)37;/h9-15,17-19,24,27-28H,20-23,25-26H2,1-8H3;/q-1;. The minimum Gasteiger partial charge on any atom is -0.333 e. The Morgan fingerprint density at radius 3 is 1.75 bits per heavy atom. The summed E-state index contributed by atoms with van der Waals surface area (Å²) in [6.45, 7) is 19.9. The summed E-state index contributed by atoms with van der Waals surface area (Å²) in [5.41, 5.74) is 9.25. The predicted octanol–water partition coefficient (Wildman–Crippen LogP) is 11.7. The third kappa shape index (κ3) is 5.58. The molecule has 5 aromatic rings. The normalized spacial score (nSPS) is 21.5. The zero-order valence-electron chi connectivity index (χ0n) is 28.0. The van der Waals surface area contributed by atoms with Crippen molar-refractivity contribution in [2.75, 3.05) is 0 Å². The first-order chi connectivity index (χ1) is 20.2. The van der Waals surface area contributed by atoms with E-state index in [0.717, 1.165) is 11.0 Å². The van der Waals surface area contributed by atoms with Crippen molar-refractivity contribution in [1.29, 1.82) is 0 Å². The molecule has 2 fully saturated rings. The first-order valence-electron chi connectivity index (χ1n) is 16.5. The molecule has 2 aromatic heterocycles. The Bertz CT molecular complexity index is 1770. The Hall–Kier alpha value is -2.48. The van der Waals surface area contributed by atoms with Gasteiger partial charge in [-0.1, -0.05) is 97.2 Å². The Kier molecular flexibility index (Phi) is 7.74. The monoisotopic (exact) mass is 762 g/mol. The second kappa shape index (κ2) is 10.8. The van der Waals surface area contributed by atoms with Crippen molar-refractivity contribution in [3.63, 3.8) is 0 Å². The predicted molar refractivity (Wildman–Crippen MR) is 183 cm³/mol. The summed E-state index contributed by atoms with van der Waals surface area (Å²) >= 11 is 0. The summed E-state index contributed by atoms with van der Waals surface area (Å²) in [4.78, 5) is 5.19. The van der Waals surface area contributed by atoms with Gasteiger partial charge in [-0.2, -0.15) is 0 Å². The second-order valence-corrected chi connectivity index (χ2v) is 17.3. The van der Waals surface area contributed by atoms with Crippen LogP contribution in [0.5, 0.6) is 0 Å². The van der Waals surface area contributed by atoms with Crippen LogP contribution in [0.4, 0.5) is 0 Å². The van der Waals surface area contributed by atoms with Gasteiger partial charge >= 0.3 is 0 Å². The number of rotatable bonds is 3. The maximum absolute atomic E-state index is 5.19. The number of nitrogens with zero attached hydrogens (tertiary/aromatic N) is 2. The summed E-state index contributed by atoms with van der Waals surface area (Å²) in [5.74, 6) is 1.03. The van der Waals surface area contributed by atoms with Crippen LogP contribution in [0.15, 0.2) is 66.9 Å². The molecule has 3 aromatic carbocycles. The third-order valence-corrected chi connectivity index (χ3v) is 10.7. The maximum Gasteiger partial charge on any atom is 0.0639 e. The Morgan fingerprint density at radius 2 is 1.18 bits per heavy atom. The number of para-hydroxylation sites is 1. The molecule has 0 bridgehead atoms. The van der Waals surface area contributed by atoms with Crippen molar-refractivity contribution >= 4 is 27.3 Å². The molecule has 0 spiro atoms.